The molecule has 3 aromatic rings. The van der Waals surface area contributed by atoms with Gasteiger partial charge < -0.3 is 10.1 Å². The number of aromatic nitrogens is 2. The van der Waals surface area contributed by atoms with Gasteiger partial charge in [0.25, 0.3) is 5.91 Å². The fraction of sp³-hybridized carbons (Fsp3) is 0.136. The van der Waals surface area contributed by atoms with Crippen molar-refractivity contribution < 1.29 is 14.3 Å². The van der Waals surface area contributed by atoms with Crippen molar-refractivity contribution in [3.63, 3.8) is 0 Å². The number of carbonyl (C=O) groups excluding carboxylic acids is 2. The number of benzene rings is 2. The Kier molecular flexibility index (Phi) is 6.18. The first-order valence-corrected chi connectivity index (χ1v) is 9.90. The van der Waals surface area contributed by atoms with Crippen molar-refractivity contribution in [2.45, 2.75) is 12.8 Å². The van der Waals surface area contributed by atoms with Gasteiger partial charge in [0.05, 0.1) is 6.21 Å². The van der Waals surface area contributed by atoms with Crippen molar-refractivity contribution in [1.82, 2.24) is 15.4 Å². The SMILES string of the molecule is O=C(COc1ccc2c(c1)CCC(=O)N2)N/N=C/c1cnc(-c2ccc(Cl)cc2)nc1. The Labute approximate surface area is 183 Å². The molecule has 1 aliphatic rings. The quantitative estimate of drug-likeness (QED) is 0.457. The number of halogens is 1. The lowest BCUT2D eigenvalue weighted by Gasteiger charge is -2.17. The summed E-state index contributed by atoms with van der Waals surface area (Å²) in [4.78, 5) is 31.9. The average molecular weight is 436 g/mol. The van der Waals surface area contributed by atoms with Crippen LogP contribution in [-0.4, -0.2) is 34.6 Å². The Morgan fingerprint density at radius 3 is 2.71 bits per heavy atom. The zero-order valence-electron chi connectivity index (χ0n) is 16.3. The van der Waals surface area contributed by atoms with Crippen LogP contribution in [0.3, 0.4) is 0 Å². The lowest BCUT2D eigenvalue weighted by atomic mass is 10.0. The van der Waals surface area contributed by atoms with Crippen LogP contribution < -0.4 is 15.5 Å². The minimum atomic E-state index is -0.402. The third-order valence-corrected chi connectivity index (χ3v) is 4.77. The zero-order valence-corrected chi connectivity index (χ0v) is 17.1. The summed E-state index contributed by atoms with van der Waals surface area (Å²) in [5, 5.41) is 7.34. The molecule has 8 nitrogen and oxygen atoms in total. The first-order valence-electron chi connectivity index (χ1n) is 9.52. The van der Waals surface area contributed by atoms with E-state index in [1.807, 2.05) is 18.2 Å². The third-order valence-electron chi connectivity index (χ3n) is 4.52. The van der Waals surface area contributed by atoms with Gasteiger partial charge in [-0.3, -0.25) is 9.59 Å². The molecule has 4 rings (SSSR count). The maximum Gasteiger partial charge on any atom is 0.277 e. The Bertz CT molecular complexity index is 1130. The van der Waals surface area contributed by atoms with Gasteiger partial charge in [-0.1, -0.05) is 11.6 Å². The molecule has 2 amide bonds. The molecule has 0 radical (unpaired) electrons. The number of nitrogens with zero attached hydrogens (tertiary/aromatic N) is 3. The highest BCUT2D eigenvalue weighted by Gasteiger charge is 2.15. The van der Waals surface area contributed by atoms with Gasteiger partial charge in [-0.15, -0.1) is 0 Å². The first-order chi connectivity index (χ1) is 15.1. The summed E-state index contributed by atoms with van der Waals surface area (Å²) >= 11 is 5.88. The number of rotatable bonds is 6. The average Bonchev–Trinajstić information content (AvgIpc) is 2.79. The molecule has 1 aromatic heterocycles. The molecule has 156 valence electrons. The van der Waals surface area contributed by atoms with Gasteiger partial charge >= 0.3 is 0 Å². The summed E-state index contributed by atoms with van der Waals surface area (Å²) in [7, 11) is 0. The van der Waals surface area contributed by atoms with Crippen LogP contribution in [-0.2, 0) is 16.0 Å². The second-order valence-corrected chi connectivity index (χ2v) is 7.23. The molecule has 0 fully saturated rings. The molecule has 31 heavy (non-hydrogen) atoms. The zero-order chi connectivity index (χ0) is 21.6. The van der Waals surface area contributed by atoms with E-state index in [1.165, 1.54) is 6.21 Å². The second-order valence-electron chi connectivity index (χ2n) is 6.80. The first kappa shape index (κ1) is 20.5. The Hall–Kier alpha value is -3.78. The molecule has 2 heterocycles. The standard InChI is InChI=1S/C22H18ClN5O3/c23-17-4-1-15(2-5-17)22-24-10-14(11-25-22)12-26-28-21(30)13-31-18-6-7-19-16(9-18)3-8-20(29)27-19/h1-2,4-7,9-12H,3,8,13H2,(H,27,29)(H,28,30)/b26-12+. The van der Waals surface area contributed by atoms with Crippen molar-refractivity contribution in [3.8, 4) is 17.1 Å². The van der Waals surface area contributed by atoms with E-state index < -0.39 is 5.91 Å². The molecule has 2 N–H and O–H groups in total. The lowest BCUT2D eigenvalue weighted by molar-refractivity contribution is -0.123. The van der Waals surface area contributed by atoms with Gasteiger partial charge in [0.2, 0.25) is 5.91 Å². The van der Waals surface area contributed by atoms with Gasteiger partial charge in [0, 0.05) is 40.7 Å². The van der Waals surface area contributed by atoms with E-state index in [9.17, 15) is 9.59 Å². The van der Waals surface area contributed by atoms with Crippen molar-refractivity contribution in [1.29, 1.82) is 0 Å². The number of nitrogens with one attached hydrogen (secondary N) is 2. The maximum absolute atomic E-state index is 12.0. The van der Waals surface area contributed by atoms with E-state index in [0.29, 0.717) is 35.0 Å². The number of ether oxygens (including phenoxy) is 1. The van der Waals surface area contributed by atoms with Crippen LogP contribution in [0.15, 0.2) is 60.0 Å². The minimum absolute atomic E-state index is 0.00317. The number of hydrogen-bond acceptors (Lipinski definition) is 6. The third kappa shape index (κ3) is 5.43. The van der Waals surface area contributed by atoms with E-state index >= 15 is 0 Å². The predicted octanol–water partition coefficient (Wildman–Crippen LogP) is 3.21. The Balaban J connectivity index is 1.27. The van der Waals surface area contributed by atoms with Crippen LogP contribution in [0.2, 0.25) is 5.02 Å². The Morgan fingerprint density at radius 1 is 1.16 bits per heavy atom. The van der Waals surface area contributed by atoms with E-state index in [-0.39, 0.29) is 12.5 Å². The highest BCUT2D eigenvalue weighted by molar-refractivity contribution is 6.30. The number of aryl methyl sites for hydroxylation is 1. The smallest absolute Gasteiger partial charge is 0.277 e. The molecule has 0 unspecified atom stereocenters. The fourth-order valence-electron chi connectivity index (χ4n) is 2.96. The van der Waals surface area contributed by atoms with Crippen LogP contribution in [0.25, 0.3) is 11.4 Å². The highest BCUT2D eigenvalue weighted by Crippen LogP contribution is 2.26. The highest BCUT2D eigenvalue weighted by atomic mass is 35.5. The molecule has 0 saturated carbocycles. The fourth-order valence-corrected chi connectivity index (χ4v) is 3.09. The normalized spacial score (nSPS) is 12.9. The molecule has 0 saturated heterocycles. The summed E-state index contributed by atoms with van der Waals surface area (Å²) in [6.07, 6.45) is 5.75. The Morgan fingerprint density at radius 2 is 1.94 bits per heavy atom. The number of hydrazone groups is 1. The minimum Gasteiger partial charge on any atom is -0.484 e. The summed E-state index contributed by atoms with van der Waals surface area (Å²) < 4.78 is 5.50. The molecule has 0 spiro atoms. The van der Waals surface area contributed by atoms with Crippen LogP contribution in [0, 0.1) is 0 Å². The van der Waals surface area contributed by atoms with Crippen LogP contribution >= 0.6 is 11.6 Å². The number of amides is 2. The molecule has 0 bridgehead atoms. The summed E-state index contributed by atoms with van der Waals surface area (Å²) in [6.45, 7) is -0.186. The largest absolute Gasteiger partial charge is 0.484 e. The molecule has 9 heteroatoms. The van der Waals surface area contributed by atoms with Crippen LogP contribution in [0.5, 0.6) is 5.75 Å². The van der Waals surface area contributed by atoms with Crippen LogP contribution in [0.1, 0.15) is 17.5 Å². The molecular weight excluding hydrogens is 418 g/mol. The van der Waals surface area contributed by atoms with Crippen LogP contribution in [0.4, 0.5) is 5.69 Å². The summed E-state index contributed by atoms with van der Waals surface area (Å²) in [5.41, 5.74) is 5.65. The summed E-state index contributed by atoms with van der Waals surface area (Å²) in [5.74, 6) is 0.723. The monoisotopic (exact) mass is 435 g/mol. The van der Waals surface area contributed by atoms with Crippen molar-refractivity contribution >= 4 is 35.3 Å². The van der Waals surface area contributed by atoms with Gasteiger partial charge in [-0.2, -0.15) is 5.10 Å². The van der Waals surface area contributed by atoms with Gasteiger partial charge in [0.1, 0.15) is 5.75 Å². The van der Waals surface area contributed by atoms with E-state index in [1.54, 1.807) is 36.7 Å². The topological polar surface area (TPSA) is 106 Å². The molecular formula is C22H18ClN5O3. The number of hydrogen-bond donors (Lipinski definition) is 2. The second kappa shape index (κ2) is 9.36. The van der Waals surface area contributed by atoms with E-state index in [2.05, 4.69) is 25.8 Å². The maximum atomic E-state index is 12.0. The molecule has 2 aromatic carbocycles. The van der Waals surface area contributed by atoms with Gasteiger partial charge in [0.15, 0.2) is 12.4 Å². The van der Waals surface area contributed by atoms with Crippen molar-refractivity contribution in [2.75, 3.05) is 11.9 Å². The lowest BCUT2D eigenvalue weighted by Crippen LogP contribution is -2.24. The number of anilines is 1. The van der Waals surface area contributed by atoms with Gasteiger partial charge in [-0.25, -0.2) is 15.4 Å². The number of carbonyl (C=O) groups is 2. The van der Waals surface area contributed by atoms with Gasteiger partial charge in [-0.05, 0) is 54.4 Å². The number of fused-ring (bicyclic) bond motifs is 1. The molecule has 0 atom stereocenters. The summed E-state index contributed by atoms with van der Waals surface area (Å²) in [6, 6.07) is 12.5. The molecule has 0 aliphatic carbocycles. The van der Waals surface area contributed by atoms with Crippen molar-refractivity contribution in [2.24, 2.45) is 5.10 Å². The van der Waals surface area contributed by atoms with E-state index in [0.717, 1.165) is 16.8 Å². The predicted molar refractivity (Wildman–Crippen MR) is 117 cm³/mol. The van der Waals surface area contributed by atoms with Crippen molar-refractivity contribution in [3.05, 3.63) is 71.0 Å². The van der Waals surface area contributed by atoms with E-state index in [4.69, 9.17) is 16.3 Å². The molecule has 1 aliphatic heterocycles.